The number of aromatic nitrogens is 1. The SMILES string of the molecule is CCOc1ccncc1S(=O)(=O)N1CC(c2ccc(C)cc2)CC1C. The van der Waals surface area contributed by atoms with Gasteiger partial charge in [0.2, 0.25) is 10.0 Å². The fraction of sp³-hybridized carbons (Fsp3) is 0.421. The molecule has 2 unspecified atom stereocenters. The molecule has 25 heavy (non-hydrogen) atoms. The van der Waals surface area contributed by atoms with Crippen LogP contribution in [0.5, 0.6) is 5.75 Å². The van der Waals surface area contributed by atoms with Crippen LogP contribution in [0, 0.1) is 6.92 Å². The van der Waals surface area contributed by atoms with Crippen LogP contribution in [0.1, 0.15) is 37.3 Å². The van der Waals surface area contributed by atoms with Gasteiger partial charge in [0.05, 0.1) is 12.8 Å². The molecule has 1 aliphatic heterocycles. The number of ether oxygens (including phenoxy) is 1. The van der Waals surface area contributed by atoms with Crippen LogP contribution in [0.3, 0.4) is 0 Å². The molecule has 1 aromatic heterocycles. The molecule has 6 heteroatoms. The van der Waals surface area contributed by atoms with E-state index in [0.717, 1.165) is 6.42 Å². The molecule has 1 saturated heterocycles. The number of nitrogens with zero attached hydrogens (tertiary/aromatic N) is 2. The molecule has 2 atom stereocenters. The van der Waals surface area contributed by atoms with Crippen LogP contribution >= 0.6 is 0 Å². The van der Waals surface area contributed by atoms with Gasteiger partial charge in [-0.1, -0.05) is 29.8 Å². The molecule has 1 aliphatic rings. The van der Waals surface area contributed by atoms with E-state index >= 15 is 0 Å². The van der Waals surface area contributed by atoms with Crippen molar-refractivity contribution in [3.05, 3.63) is 53.9 Å². The highest BCUT2D eigenvalue weighted by atomic mass is 32.2. The highest BCUT2D eigenvalue weighted by Crippen LogP contribution is 2.37. The van der Waals surface area contributed by atoms with Gasteiger partial charge in [0, 0.05) is 18.8 Å². The molecule has 134 valence electrons. The summed E-state index contributed by atoms with van der Waals surface area (Å²) in [5.41, 5.74) is 2.39. The zero-order valence-electron chi connectivity index (χ0n) is 14.8. The lowest BCUT2D eigenvalue weighted by Crippen LogP contribution is -2.34. The number of aryl methyl sites for hydroxylation is 1. The van der Waals surface area contributed by atoms with Crippen molar-refractivity contribution in [1.29, 1.82) is 0 Å². The minimum Gasteiger partial charge on any atom is -0.492 e. The minimum absolute atomic E-state index is 0.0639. The quantitative estimate of drug-likeness (QED) is 0.820. The zero-order chi connectivity index (χ0) is 18.0. The van der Waals surface area contributed by atoms with E-state index in [1.807, 2.05) is 13.8 Å². The van der Waals surface area contributed by atoms with E-state index in [0.29, 0.717) is 18.9 Å². The molecular formula is C19H24N2O3S. The highest BCUT2D eigenvalue weighted by molar-refractivity contribution is 7.89. The van der Waals surface area contributed by atoms with Crippen LogP contribution in [0.15, 0.2) is 47.6 Å². The van der Waals surface area contributed by atoms with Crippen LogP contribution in [0.2, 0.25) is 0 Å². The van der Waals surface area contributed by atoms with Crippen molar-refractivity contribution >= 4 is 10.0 Å². The van der Waals surface area contributed by atoms with Gasteiger partial charge in [-0.25, -0.2) is 8.42 Å². The molecule has 0 radical (unpaired) electrons. The third kappa shape index (κ3) is 3.55. The van der Waals surface area contributed by atoms with Gasteiger partial charge < -0.3 is 4.74 Å². The fourth-order valence-corrected chi connectivity index (χ4v) is 5.14. The molecule has 3 rings (SSSR count). The zero-order valence-corrected chi connectivity index (χ0v) is 15.7. The molecule has 0 bridgehead atoms. The van der Waals surface area contributed by atoms with E-state index in [-0.39, 0.29) is 16.9 Å². The van der Waals surface area contributed by atoms with Crippen LogP contribution in [0.4, 0.5) is 0 Å². The lowest BCUT2D eigenvalue weighted by atomic mass is 9.96. The van der Waals surface area contributed by atoms with Crippen LogP contribution in [-0.2, 0) is 10.0 Å². The van der Waals surface area contributed by atoms with Crippen molar-refractivity contribution in [3.8, 4) is 5.75 Å². The van der Waals surface area contributed by atoms with Crippen LogP contribution in [-0.4, -0.2) is 36.9 Å². The van der Waals surface area contributed by atoms with E-state index in [2.05, 4.69) is 36.2 Å². The fourth-order valence-electron chi connectivity index (χ4n) is 3.38. The van der Waals surface area contributed by atoms with Gasteiger partial charge in [-0.3, -0.25) is 4.98 Å². The summed E-state index contributed by atoms with van der Waals surface area (Å²) in [6.45, 7) is 6.74. The van der Waals surface area contributed by atoms with Crippen LogP contribution < -0.4 is 4.74 Å². The smallest absolute Gasteiger partial charge is 0.248 e. The number of pyridine rings is 1. The Bertz CT molecular complexity index is 834. The predicted molar refractivity (Wildman–Crippen MR) is 97.3 cm³/mol. The average Bonchev–Trinajstić information content (AvgIpc) is 2.99. The molecule has 0 saturated carbocycles. The molecule has 5 nitrogen and oxygen atoms in total. The first-order valence-corrected chi connectivity index (χ1v) is 10.0. The summed E-state index contributed by atoms with van der Waals surface area (Å²) in [5, 5.41) is 0. The normalized spacial score (nSPS) is 21.4. The minimum atomic E-state index is -3.64. The molecule has 1 aromatic carbocycles. The second kappa shape index (κ2) is 7.14. The first-order valence-electron chi connectivity index (χ1n) is 8.58. The summed E-state index contributed by atoms with van der Waals surface area (Å²) < 4.78 is 33.4. The van der Waals surface area contributed by atoms with E-state index < -0.39 is 10.0 Å². The Morgan fingerprint density at radius 2 is 1.96 bits per heavy atom. The Kier molecular flexibility index (Phi) is 5.11. The Hall–Kier alpha value is -1.92. The molecule has 1 fully saturated rings. The molecule has 0 amide bonds. The lowest BCUT2D eigenvalue weighted by molar-refractivity contribution is 0.327. The van der Waals surface area contributed by atoms with Crippen molar-refractivity contribution < 1.29 is 13.2 Å². The third-order valence-electron chi connectivity index (χ3n) is 4.70. The Morgan fingerprint density at radius 3 is 2.64 bits per heavy atom. The predicted octanol–water partition coefficient (Wildman–Crippen LogP) is 3.36. The maximum atomic E-state index is 13.2. The average molecular weight is 360 g/mol. The molecular weight excluding hydrogens is 336 g/mol. The number of hydrogen-bond donors (Lipinski definition) is 0. The van der Waals surface area contributed by atoms with E-state index in [1.54, 1.807) is 16.6 Å². The van der Waals surface area contributed by atoms with E-state index in [9.17, 15) is 8.42 Å². The summed E-state index contributed by atoms with van der Waals surface area (Å²) in [6, 6.07) is 9.88. The topological polar surface area (TPSA) is 59.5 Å². The summed E-state index contributed by atoms with van der Waals surface area (Å²) >= 11 is 0. The Balaban J connectivity index is 1.89. The van der Waals surface area contributed by atoms with Crippen molar-refractivity contribution in [1.82, 2.24) is 9.29 Å². The molecule has 2 aromatic rings. The molecule has 0 N–H and O–H groups in total. The first-order chi connectivity index (χ1) is 11.9. The Morgan fingerprint density at radius 1 is 1.24 bits per heavy atom. The van der Waals surface area contributed by atoms with Gasteiger partial charge in [-0.15, -0.1) is 0 Å². The number of hydrogen-bond acceptors (Lipinski definition) is 4. The van der Waals surface area contributed by atoms with Crippen molar-refractivity contribution in [2.24, 2.45) is 0 Å². The summed E-state index contributed by atoms with van der Waals surface area (Å²) in [7, 11) is -3.64. The van der Waals surface area contributed by atoms with Gasteiger partial charge in [0.15, 0.2) is 0 Å². The summed E-state index contributed by atoms with van der Waals surface area (Å²) in [6.07, 6.45) is 3.74. The van der Waals surface area contributed by atoms with Gasteiger partial charge >= 0.3 is 0 Å². The molecule has 2 heterocycles. The number of sulfonamides is 1. The van der Waals surface area contributed by atoms with Gasteiger partial charge in [-0.05, 0) is 44.7 Å². The Labute approximate surface area is 149 Å². The van der Waals surface area contributed by atoms with Gasteiger partial charge in [0.25, 0.3) is 0 Å². The first kappa shape index (κ1) is 17.9. The van der Waals surface area contributed by atoms with E-state index in [4.69, 9.17) is 4.74 Å². The van der Waals surface area contributed by atoms with Crippen molar-refractivity contribution in [3.63, 3.8) is 0 Å². The second-order valence-corrected chi connectivity index (χ2v) is 8.38. The van der Waals surface area contributed by atoms with Gasteiger partial charge in [0.1, 0.15) is 10.6 Å². The standard InChI is InChI=1S/C19H24N2O3S/c1-4-24-18-9-10-20-12-19(18)25(22,23)21-13-17(11-15(21)3)16-7-5-14(2)6-8-16/h5-10,12,15,17H,4,11,13H2,1-3H3. The molecule has 0 aliphatic carbocycles. The largest absolute Gasteiger partial charge is 0.492 e. The van der Waals surface area contributed by atoms with Crippen molar-refractivity contribution in [2.45, 2.75) is 44.0 Å². The molecule has 0 spiro atoms. The number of benzene rings is 1. The lowest BCUT2D eigenvalue weighted by Gasteiger charge is -2.22. The maximum Gasteiger partial charge on any atom is 0.248 e. The maximum absolute atomic E-state index is 13.2. The third-order valence-corrected chi connectivity index (χ3v) is 6.69. The number of rotatable bonds is 5. The van der Waals surface area contributed by atoms with Crippen LogP contribution in [0.25, 0.3) is 0 Å². The summed E-state index contributed by atoms with van der Waals surface area (Å²) in [5.74, 6) is 0.570. The summed E-state index contributed by atoms with van der Waals surface area (Å²) in [4.78, 5) is 4.14. The monoisotopic (exact) mass is 360 g/mol. The highest BCUT2D eigenvalue weighted by Gasteiger charge is 2.39. The van der Waals surface area contributed by atoms with Crippen molar-refractivity contribution in [2.75, 3.05) is 13.2 Å². The van der Waals surface area contributed by atoms with Gasteiger partial charge in [-0.2, -0.15) is 4.31 Å². The van der Waals surface area contributed by atoms with E-state index in [1.165, 1.54) is 17.3 Å². The second-order valence-electron chi connectivity index (χ2n) is 6.52.